The van der Waals surface area contributed by atoms with Gasteiger partial charge in [-0.05, 0) is 46.2 Å². The number of hydrogen-bond acceptors (Lipinski definition) is 7. The molecule has 3 aromatic rings. The summed E-state index contributed by atoms with van der Waals surface area (Å²) in [7, 11) is 0. The van der Waals surface area contributed by atoms with Crippen LogP contribution in [-0.2, 0) is 6.54 Å². The van der Waals surface area contributed by atoms with Gasteiger partial charge in [-0.2, -0.15) is 0 Å². The molecule has 0 spiro atoms. The van der Waals surface area contributed by atoms with Gasteiger partial charge in [0.2, 0.25) is 0 Å². The van der Waals surface area contributed by atoms with Crippen LogP contribution in [0.1, 0.15) is 53.8 Å². The number of likely N-dealkylation sites (tertiary alicyclic amines) is 1. The van der Waals surface area contributed by atoms with Gasteiger partial charge < -0.3 is 4.52 Å². The molecule has 7 nitrogen and oxygen atoms in total. The Balaban J connectivity index is 1.68. The molecule has 0 unspecified atom stereocenters. The second-order valence-electron chi connectivity index (χ2n) is 7.14. The molecule has 1 fully saturated rings. The molecular formula is C20H24N6O. The number of aromatic nitrogens is 5. The van der Waals surface area contributed by atoms with Crippen molar-refractivity contribution in [2.75, 3.05) is 6.54 Å². The minimum Gasteiger partial charge on any atom is -0.361 e. The first-order valence-corrected chi connectivity index (χ1v) is 9.39. The summed E-state index contributed by atoms with van der Waals surface area (Å²) in [6.45, 7) is 7.66. The third-order valence-electron chi connectivity index (χ3n) is 5.07. The summed E-state index contributed by atoms with van der Waals surface area (Å²) in [5.74, 6) is 1.45. The molecular weight excluding hydrogens is 340 g/mol. The zero-order valence-corrected chi connectivity index (χ0v) is 16.0. The summed E-state index contributed by atoms with van der Waals surface area (Å²) in [4.78, 5) is 20.7. The van der Waals surface area contributed by atoms with E-state index in [1.807, 2.05) is 27.0 Å². The van der Waals surface area contributed by atoms with E-state index in [4.69, 9.17) is 9.51 Å². The molecule has 0 radical (unpaired) electrons. The van der Waals surface area contributed by atoms with Crippen LogP contribution in [0.2, 0.25) is 0 Å². The second kappa shape index (κ2) is 7.52. The molecule has 27 heavy (non-hydrogen) atoms. The molecule has 0 N–H and O–H groups in total. The second-order valence-corrected chi connectivity index (χ2v) is 7.14. The van der Waals surface area contributed by atoms with E-state index < -0.39 is 0 Å². The van der Waals surface area contributed by atoms with Gasteiger partial charge >= 0.3 is 0 Å². The van der Waals surface area contributed by atoms with E-state index in [1.54, 1.807) is 12.4 Å². The first-order chi connectivity index (χ1) is 13.1. The van der Waals surface area contributed by atoms with Crippen molar-refractivity contribution in [3.8, 4) is 11.4 Å². The van der Waals surface area contributed by atoms with Crippen molar-refractivity contribution < 1.29 is 4.52 Å². The molecule has 3 aromatic heterocycles. The molecule has 1 aliphatic heterocycles. The topological polar surface area (TPSA) is 80.8 Å². The van der Waals surface area contributed by atoms with Crippen molar-refractivity contribution in [3.05, 3.63) is 53.2 Å². The molecule has 7 heteroatoms. The fourth-order valence-electron chi connectivity index (χ4n) is 3.81. The number of aryl methyl sites for hydroxylation is 3. The Morgan fingerprint density at radius 2 is 2.04 bits per heavy atom. The Morgan fingerprint density at radius 1 is 1.15 bits per heavy atom. The highest BCUT2D eigenvalue weighted by Crippen LogP contribution is 2.33. The number of nitrogens with zero attached hydrogens (tertiary/aromatic N) is 6. The van der Waals surface area contributed by atoms with Gasteiger partial charge in [0.05, 0.1) is 28.7 Å². The Bertz CT molecular complexity index is 904. The van der Waals surface area contributed by atoms with Gasteiger partial charge in [0.15, 0.2) is 5.82 Å². The smallest absolute Gasteiger partial charge is 0.165 e. The summed E-state index contributed by atoms with van der Waals surface area (Å²) >= 11 is 0. The van der Waals surface area contributed by atoms with Crippen LogP contribution >= 0.6 is 0 Å². The molecule has 0 aromatic carbocycles. The molecule has 0 aliphatic carbocycles. The van der Waals surface area contributed by atoms with E-state index in [1.165, 1.54) is 12.8 Å². The van der Waals surface area contributed by atoms with Crippen molar-refractivity contribution in [2.24, 2.45) is 0 Å². The van der Waals surface area contributed by atoms with Gasteiger partial charge in [0.25, 0.3) is 0 Å². The van der Waals surface area contributed by atoms with Gasteiger partial charge in [0.1, 0.15) is 5.76 Å². The van der Waals surface area contributed by atoms with Crippen LogP contribution in [-0.4, -0.2) is 36.5 Å². The van der Waals surface area contributed by atoms with E-state index >= 15 is 0 Å². The Labute approximate surface area is 158 Å². The van der Waals surface area contributed by atoms with Crippen LogP contribution < -0.4 is 0 Å². The van der Waals surface area contributed by atoms with Crippen LogP contribution in [0.5, 0.6) is 0 Å². The molecule has 1 atom stereocenters. The van der Waals surface area contributed by atoms with Crippen molar-refractivity contribution in [1.29, 1.82) is 0 Å². The van der Waals surface area contributed by atoms with Crippen LogP contribution in [0.4, 0.5) is 0 Å². The van der Waals surface area contributed by atoms with Crippen molar-refractivity contribution in [3.63, 3.8) is 0 Å². The van der Waals surface area contributed by atoms with Crippen LogP contribution in [0.25, 0.3) is 11.4 Å². The van der Waals surface area contributed by atoms with Crippen LogP contribution in [0.3, 0.4) is 0 Å². The van der Waals surface area contributed by atoms with Crippen molar-refractivity contribution in [1.82, 2.24) is 30.0 Å². The van der Waals surface area contributed by atoms with E-state index in [0.29, 0.717) is 5.82 Å². The average Bonchev–Trinajstić information content (AvgIpc) is 3.01. The zero-order chi connectivity index (χ0) is 18.8. The summed E-state index contributed by atoms with van der Waals surface area (Å²) in [5, 5.41) is 4.05. The maximum absolute atomic E-state index is 5.32. The average molecular weight is 364 g/mol. The van der Waals surface area contributed by atoms with Gasteiger partial charge in [0, 0.05) is 30.8 Å². The van der Waals surface area contributed by atoms with Gasteiger partial charge in [-0.25, -0.2) is 9.97 Å². The predicted molar refractivity (Wildman–Crippen MR) is 101 cm³/mol. The normalized spacial score (nSPS) is 18.0. The molecule has 1 aliphatic rings. The lowest BCUT2D eigenvalue weighted by Crippen LogP contribution is -2.34. The Morgan fingerprint density at radius 3 is 2.78 bits per heavy atom. The van der Waals surface area contributed by atoms with Gasteiger partial charge in [-0.1, -0.05) is 11.6 Å². The number of rotatable bonds is 4. The first kappa shape index (κ1) is 17.7. The predicted octanol–water partition coefficient (Wildman–Crippen LogP) is 3.57. The molecule has 4 rings (SSSR count). The lowest BCUT2D eigenvalue weighted by Gasteiger charge is -2.35. The van der Waals surface area contributed by atoms with Crippen molar-refractivity contribution >= 4 is 0 Å². The molecule has 0 saturated carbocycles. The lowest BCUT2D eigenvalue weighted by molar-refractivity contribution is 0.135. The summed E-state index contributed by atoms with van der Waals surface area (Å²) < 4.78 is 5.32. The van der Waals surface area contributed by atoms with E-state index in [9.17, 15) is 0 Å². The first-order valence-electron chi connectivity index (χ1n) is 9.39. The Kier molecular flexibility index (Phi) is 4.94. The fraction of sp³-hybridized carbons (Fsp3) is 0.450. The molecule has 0 bridgehead atoms. The lowest BCUT2D eigenvalue weighted by atomic mass is 9.98. The monoisotopic (exact) mass is 364 g/mol. The molecule has 140 valence electrons. The quantitative estimate of drug-likeness (QED) is 0.700. The van der Waals surface area contributed by atoms with Crippen LogP contribution in [0, 0.1) is 20.8 Å². The molecule has 4 heterocycles. The number of piperidine rings is 1. The summed E-state index contributed by atoms with van der Waals surface area (Å²) in [6, 6.07) is 2.35. The summed E-state index contributed by atoms with van der Waals surface area (Å²) in [6.07, 6.45) is 8.77. The van der Waals surface area contributed by atoms with E-state index in [-0.39, 0.29) is 6.04 Å². The highest BCUT2D eigenvalue weighted by Gasteiger charge is 2.27. The van der Waals surface area contributed by atoms with Gasteiger partial charge in [-0.3, -0.25) is 14.9 Å². The largest absolute Gasteiger partial charge is 0.361 e. The standard InChI is InChI=1S/C20H24N6O/c1-13-10-17(24-20(23-13)19-14(2)25-27-15(19)3)18-6-4-5-9-26(18)12-16-11-21-7-8-22-16/h7-8,10-11,18H,4-6,9,12H2,1-3H3/t18-/m1/s1. The van der Waals surface area contributed by atoms with Crippen molar-refractivity contribution in [2.45, 2.75) is 52.6 Å². The zero-order valence-electron chi connectivity index (χ0n) is 16.0. The SMILES string of the molecule is Cc1cc([C@H]2CCCCN2Cc2cnccn2)nc(-c2c(C)noc2C)n1. The minimum atomic E-state index is 0.252. The number of hydrogen-bond donors (Lipinski definition) is 0. The fourth-order valence-corrected chi connectivity index (χ4v) is 3.81. The third kappa shape index (κ3) is 3.73. The maximum atomic E-state index is 5.32. The minimum absolute atomic E-state index is 0.252. The highest BCUT2D eigenvalue weighted by molar-refractivity contribution is 5.60. The highest BCUT2D eigenvalue weighted by atomic mass is 16.5. The van der Waals surface area contributed by atoms with E-state index in [0.717, 1.165) is 53.6 Å². The summed E-state index contributed by atoms with van der Waals surface area (Å²) in [5.41, 5.74) is 4.72. The maximum Gasteiger partial charge on any atom is 0.165 e. The van der Waals surface area contributed by atoms with Gasteiger partial charge in [-0.15, -0.1) is 0 Å². The molecule has 1 saturated heterocycles. The Hall–Kier alpha value is -2.67. The van der Waals surface area contributed by atoms with Crippen LogP contribution in [0.15, 0.2) is 29.2 Å². The molecule has 0 amide bonds. The third-order valence-corrected chi connectivity index (χ3v) is 5.07. The van der Waals surface area contributed by atoms with E-state index in [2.05, 4.69) is 31.1 Å².